The fourth-order valence-electron chi connectivity index (χ4n) is 3.37. The number of allylic oxidation sites excluding steroid dienone is 1. The summed E-state index contributed by atoms with van der Waals surface area (Å²) >= 11 is 0. The molecule has 1 heterocycles. The van der Waals surface area contributed by atoms with Crippen molar-refractivity contribution < 1.29 is 9.53 Å². The Kier molecular flexibility index (Phi) is 4.75. The van der Waals surface area contributed by atoms with Crippen LogP contribution in [0, 0.1) is 6.92 Å². The maximum absolute atomic E-state index is 12.9. The number of nitrogens with zero attached hydrogens (tertiary/aromatic N) is 1. The predicted octanol–water partition coefficient (Wildman–Crippen LogP) is 5.44. The number of carbonyl (C=O) groups excluding carboxylic acids is 1. The number of carbonyl (C=O) groups is 1. The third kappa shape index (κ3) is 3.22. The summed E-state index contributed by atoms with van der Waals surface area (Å²) < 4.78 is 7.16. The van der Waals surface area contributed by atoms with Crippen molar-refractivity contribution in [2.45, 2.75) is 26.7 Å². The van der Waals surface area contributed by atoms with Crippen LogP contribution in [0.15, 0.2) is 54.6 Å². The number of methoxy groups -OCH3 is 1. The van der Waals surface area contributed by atoms with Gasteiger partial charge in [0, 0.05) is 17.2 Å². The van der Waals surface area contributed by atoms with Crippen LogP contribution in [0.25, 0.3) is 17.0 Å². The second-order valence-electron chi connectivity index (χ2n) is 6.45. The molecule has 3 rings (SSSR count). The highest BCUT2D eigenvalue weighted by molar-refractivity contribution is 6.03. The van der Waals surface area contributed by atoms with Gasteiger partial charge in [-0.05, 0) is 48.2 Å². The molecule has 0 bridgehead atoms. The fourth-order valence-corrected chi connectivity index (χ4v) is 3.37. The molecular weight excluding hydrogens is 310 g/mol. The molecule has 0 spiro atoms. The van der Waals surface area contributed by atoms with Gasteiger partial charge in [0.15, 0.2) is 0 Å². The molecule has 0 saturated heterocycles. The third-order valence-electron chi connectivity index (χ3n) is 4.48. The maximum Gasteiger partial charge on any atom is 0.255 e. The molecule has 0 atom stereocenters. The molecule has 25 heavy (non-hydrogen) atoms. The summed E-state index contributed by atoms with van der Waals surface area (Å²) in [6.45, 7) is 6.31. The average molecular weight is 333 g/mol. The number of hydrogen-bond acceptors (Lipinski definition) is 2. The van der Waals surface area contributed by atoms with E-state index in [0.717, 1.165) is 27.9 Å². The van der Waals surface area contributed by atoms with Crippen molar-refractivity contribution in [1.29, 1.82) is 0 Å². The van der Waals surface area contributed by atoms with Crippen LogP contribution in [0.3, 0.4) is 0 Å². The lowest BCUT2D eigenvalue weighted by Crippen LogP contribution is -2.09. The van der Waals surface area contributed by atoms with Gasteiger partial charge in [-0.15, -0.1) is 0 Å². The second kappa shape index (κ2) is 6.98. The summed E-state index contributed by atoms with van der Waals surface area (Å²) in [6.07, 6.45) is 3.49. The molecule has 1 aromatic heterocycles. The summed E-state index contributed by atoms with van der Waals surface area (Å²) in [6, 6.07) is 15.7. The van der Waals surface area contributed by atoms with E-state index in [1.165, 1.54) is 5.56 Å². The molecule has 0 aliphatic heterocycles. The minimum absolute atomic E-state index is 0.0385. The van der Waals surface area contributed by atoms with E-state index in [2.05, 4.69) is 13.8 Å². The smallest absolute Gasteiger partial charge is 0.255 e. The molecule has 0 unspecified atom stereocenters. The quantitative estimate of drug-likeness (QED) is 0.596. The van der Waals surface area contributed by atoms with Crippen molar-refractivity contribution in [2.24, 2.45) is 0 Å². The molecule has 0 radical (unpaired) electrons. The van der Waals surface area contributed by atoms with Crippen LogP contribution in [0.2, 0.25) is 0 Å². The first-order valence-electron chi connectivity index (χ1n) is 8.49. The molecule has 3 aromatic rings. The van der Waals surface area contributed by atoms with Gasteiger partial charge in [0.25, 0.3) is 5.91 Å². The van der Waals surface area contributed by atoms with Crippen molar-refractivity contribution in [1.82, 2.24) is 4.57 Å². The van der Waals surface area contributed by atoms with Gasteiger partial charge >= 0.3 is 0 Å². The number of benzene rings is 2. The van der Waals surface area contributed by atoms with E-state index in [1.54, 1.807) is 17.8 Å². The first-order valence-corrected chi connectivity index (χ1v) is 8.49. The van der Waals surface area contributed by atoms with Crippen LogP contribution in [0.4, 0.5) is 0 Å². The topological polar surface area (TPSA) is 31.2 Å². The van der Waals surface area contributed by atoms with Crippen molar-refractivity contribution in [3.63, 3.8) is 0 Å². The SMILES string of the molecule is COc1ccc2c(c1)c(C(C)C)c(C)n2C(=O)C=Cc1ccccc1. The Morgan fingerprint density at radius 3 is 2.48 bits per heavy atom. The Bertz CT molecular complexity index is 934. The zero-order valence-corrected chi connectivity index (χ0v) is 15.1. The van der Waals surface area contributed by atoms with Gasteiger partial charge in [0.05, 0.1) is 12.6 Å². The van der Waals surface area contributed by atoms with Gasteiger partial charge in [-0.1, -0.05) is 44.2 Å². The molecule has 3 nitrogen and oxygen atoms in total. The van der Waals surface area contributed by atoms with E-state index in [4.69, 9.17) is 4.74 Å². The van der Waals surface area contributed by atoms with Crippen LogP contribution >= 0.6 is 0 Å². The lowest BCUT2D eigenvalue weighted by Gasteiger charge is -2.07. The molecule has 2 aromatic carbocycles. The number of aromatic nitrogens is 1. The lowest BCUT2D eigenvalue weighted by molar-refractivity contribution is 0.0972. The monoisotopic (exact) mass is 333 g/mol. The molecule has 128 valence electrons. The van der Waals surface area contributed by atoms with Gasteiger partial charge in [0.1, 0.15) is 5.75 Å². The number of hydrogen-bond donors (Lipinski definition) is 0. The van der Waals surface area contributed by atoms with Crippen molar-refractivity contribution in [3.05, 3.63) is 71.4 Å². The van der Waals surface area contributed by atoms with Crippen molar-refractivity contribution in [3.8, 4) is 5.75 Å². The van der Waals surface area contributed by atoms with Gasteiger partial charge in [-0.3, -0.25) is 9.36 Å². The van der Waals surface area contributed by atoms with Crippen LogP contribution in [0.5, 0.6) is 5.75 Å². The summed E-state index contributed by atoms with van der Waals surface area (Å²) in [5.74, 6) is 1.09. The normalized spacial score (nSPS) is 11.6. The molecule has 0 aliphatic rings. The van der Waals surface area contributed by atoms with Gasteiger partial charge in [-0.2, -0.15) is 0 Å². The van der Waals surface area contributed by atoms with Crippen LogP contribution in [-0.4, -0.2) is 17.6 Å². The van der Waals surface area contributed by atoms with E-state index < -0.39 is 0 Å². The van der Waals surface area contributed by atoms with Crippen LogP contribution in [-0.2, 0) is 0 Å². The van der Waals surface area contributed by atoms with Crippen molar-refractivity contribution in [2.75, 3.05) is 7.11 Å². The van der Waals surface area contributed by atoms with E-state index in [0.29, 0.717) is 5.92 Å². The van der Waals surface area contributed by atoms with E-state index in [1.807, 2.05) is 61.5 Å². The Morgan fingerprint density at radius 1 is 1.12 bits per heavy atom. The summed E-state index contributed by atoms with van der Waals surface area (Å²) in [7, 11) is 1.66. The Morgan fingerprint density at radius 2 is 1.84 bits per heavy atom. The molecule has 0 saturated carbocycles. The zero-order valence-electron chi connectivity index (χ0n) is 15.1. The summed E-state index contributed by atoms with van der Waals surface area (Å²) in [5.41, 5.74) is 4.11. The first kappa shape index (κ1) is 17.0. The molecule has 0 N–H and O–H groups in total. The highest BCUT2D eigenvalue weighted by atomic mass is 16.5. The van der Waals surface area contributed by atoms with E-state index in [9.17, 15) is 4.79 Å². The molecule has 3 heteroatoms. The summed E-state index contributed by atoms with van der Waals surface area (Å²) in [5, 5.41) is 1.08. The molecule has 0 amide bonds. The Labute approximate surface area is 148 Å². The van der Waals surface area contributed by atoms with Gasteiger partial charge in [-0.25, -0.2) is 0 Å². The summed E-state index contributed by atoms with van der Waals surface area (Å²) in [4.78, 5) is 12.9. The number of rotatable bonds is 4. The molecule has 0 fully saturated rings. The molecule has 0 aliphatic carbocycles. The van der Waals surface area contributed by atoms with Crippen LogP contribution in [0.1, 0.15) is 41.4 Å². The largest absolute Gasteiger partial charge is 0.497 e. The highest BCUT2D eigenvalue weighted by Crippen LogP contribution is 2.34. The third-order valence-corrected chi connectivity index (χ3v) is 4.48. The zero-order chi connectivity index (χ0) is 18.0. The first-order chi connectivity index (χ1) is 12.0. The van der Waals surface area contributed by atoms with Crippen molar-refractivity contribution >= 4 is 22.9 Å². The van der Waals surface area contributed by atoms with Crippen LogP contribution < -0.4 is 4.74 Å². The van der Waals surface area contributed by atoms with E-state index >= 15 is 0 Å². The second-order valence-corrected chi connectivity index (χ2v) is 6.45. The minimum Gasteiger partial charge on any atom is -0.497 e. The molecular formula is C22H23NO2. The Balaban J connectivity index is 2.11. The van der Waals surface area contributed by atoms with Gasteiger partial charge < -0.3 is 4.74 Å². The van der Waals surface area contributed by atoms with Gasteiger partial charge in [0.2, 0.25) is 0 Å². The Hall–Kier alpha value is -2.81. The predicted molar refractivity (Wildman–Crippen MR) is 103 cm³/mol. The average Bonchev–Trinajstić information content (AvgIpc) is 2.91. The highest BCUT2D eigenvalue weighted by Gasteiger charge is 2.19. The van der Waals surface area contributed by atoms with E-state index in [-0.39, 0.29) is 5.91 Å². The number of ether oxygens (including phenoxy) is 1. The minimum atomic E-state index is -0.0385. The maximum atomic E-state index is 12.9. The lowest BCUT2D eigenvalue weighted by atomic mass is 10.00. The number of fused-ring (bicyclic) bond motifs is 1. The fraction of sp³-hybridized carbons (Fsp3) is 0.227. The standard InChI is InChI=1S/C22H23NO2/c1-15(2)22-16(3)23(20-12-11-18(25-4)14-19(20)22)21(24)13-10-17-8-6-5-7-9-17/h5-15H,1-4H3.